The van der Waals surface area contributed by atoms with Gasteiger partial charge in [-0.1, -0.05) is 15.9 Å². The lowest BCUT2D eigenvalue weighted by Crippen LogP contribution is -2.32. The summed E-state index contributed by atoms with van der Waals surface area (Å²) >= 11 is 3.32. The number of carbonyl (C=O) groups excluding carboxylic acids is 1. The first-order valence-corrected chi connectivity index (χ1v) is 7.71. The number of ether oxygens (including phenoxy) is 1. The summed E-state index contributed by atoms with van der Waals surface area (Å²) in [6.07, 6.45) is 0.400. The van der Waals surface area contributed by atoms with Crippen molar-refractivity contribution in [1.29, 1.82) is 0 Å². The summed E-state index contributed by atoms with van der Waals surface area (Å²) in [7, 11) is 0. The Bertz CT molecular complexity index is 817. The summed E-state index contributed by atoms with van der Waals surface area (Å²) < 4.78 is 6.32. The van der Waals surface area contributed by atoms with Gasteiger partial charge in [0.15, 0.2) is 6.10 Å². The molecule has 0 aliphatic heterocycles. The second-order valence-electron chi connectivity index (χ2n) is 4.94. The van der Waals surface area contributed by atoms with E-state index in [0.717, 1.165) is 15.4 Å². The van der Waals surface area contributed by atoms with Crippen molar-refractivity contribution in [2.45, 2.75) is 6.10 Å². The van der Waals surface area contributed by atoms with E-state index in [-0.39, 0.29) is 6.61 Å². The largest absolute Gasteiger partial charge is 0.490 e. The minimum Gasteiger partial charge on any atom is -0.490 e. The van der Waals surface area contributed by atoms with Crippen LogP contribution in [0.4, 0.5) is 5.69 Å². The van der Waals surface area contributed by atoms with Crippen LogP contribution in [0.1, 0.15) is 0 Å². The zero-order valence-electron chi connectivity index (χ0n) is 12.0. The fourth-order valence-corrected chi connectivity index (χ4v) is 2.29. The van der Waals surface area contributed by atoms with Gasteiger partial charge in [0.2, 0.25) is 0 Å². The number of benzene rings is 2. The first-order valence-electron chi connectivity index (χ1n) is 6.92. The van der Waals surface area contributed by atoms with Crippen molar-refractivity contribution in [3.8, 4) is 5.75 Å². The highest BCUT2D eigenvalue weighted by molar-refractivity contribution is 9.10. The fourth-order valence-electron chi connectivity index (χ4n) is 2.03. The molecule has 0 spiro atoms. The Hall–Kier alpha value is -2.38. The Balaban J connectivity index is 1.57. The molecule has 1 amide bonds. The Morgan fingerprint density at radius 3 is 2.87 bits per heavy atom. The smallest absolute Gasteiger partial charge is 0.256 e. The lowest BCUT2D eigenvalue weighted by atomic mass is 10.2. The molecular formula is C16H14BrN3O3. The van der Waals surface area contributed by atoms with Gasteiger partial charge in [-0.05, 0) is 42.5 Å². The molecule has 6 nitrogen and oxygen atoms in total. The van der Waals surface area contributed by atoms with Crippen molar-refractivity contribution in [2.75, 3.05) is 11.9 Å². The van der Waals surface area contributed by atoms with Gasteiger partial charge in [0.05, 0.1) is 11.7 Å². The topological polar surface area (TPSA) is 87.2 Å². The van der Waals surface area contributed by atoms with E-state index in [4.69, 9.17) is 4.74 Å². The van der Waals surface area contributed by atoms with Crippen LogP contribution in [0.3, 0.4) is 0 Å². The number of hydrogen-bond acceptors (Lipinski definition) is 4. The highest BCUT2D eigenvalue weighted by atomic mass is 79.9. The Kier molecular flexibility index (Phi) is 4.59. The SMILES string of the molecule is O=C(Nc1ccc2[nH]ncc2c1)[C@@H](O)COc1ccc(Br)cc1. The van der Waals surface area contributed by atoms with E-state index < -0.39 is 12.0 Å². The fraction of sp³-hybridized carbons (Fsp3) is 0.125. The van der Waals surface area contributed by atoms with Gasteiger partial charge < -0.3 is 15.2 Å². The van der Waals surface area contributed by atoms with Crippen LogP contribution in [0.5, 0.6) is 5.75 Å². The van der Waals surface area contributed by atoms with E-state index in [9.17, 15) is 9.90 Å². The molecule has 0 saturated heterocycles. The van der Waals surface area contributed by atoms with Crippen LogP contribution in [0, 0.1) is 0 Å². The average molecular weight is 376 g/mol. The van der Waals surface area contributed by atoms with Crippen molar-refractivity contribution in [3.63, 3.8) is 0 Å². The lowest BCUT2D eigenvalue weighted by molar-refractivity contribution is -0.125. The monoisotopic (exact) mass is 375 g/mol. The Labute approximate surface area is 140 Å². The Morgan fingerprint density at radius 2 is 2.09 bits per heavy atom. The van der Waals surface area contributed by atoms with Crippen molar-refractivity contribution in [3.05, 3.63) is 53.1 Å². The maximum absolute atomic E-state index is 12.0. The van der Waals surface area contributed by atoms with Crippen LogP contribution < -0.4 is 10.1 Å². The second-order valence-corrected chi connectivity index (χ2v) is 5.86. The number of nitrogens with one attached hydrogen (secondary N) is 2. The molecule has 23 heavy (non-hydrogen) atoms. The summed E-state index contributed by atoms with van der Waals surface area (Å²) in [6.45, 7) is -0.124. The van der Waals surface area contributed by atoms with E-state index in [1.54, 1.807) is 30.5 Å². The zero-order chi connectivity index (χ0) is 16.2. The van der Waals surface area contributed by atoms with Gasteiger partial charge in [-0.2, -0.15) is 5.10 Å². The van der Waals surface area contributed by atoms with E-state index in [0.29, 0.717) is 11.4 Å². The molecular weight excluding hydrogens is 362 g/mol. The summed E-state index contributed by atoms with van der Waals surface area (Å²) in [6, 6.07) is 12.5. The molecule has 3 rings (SSSR count). The molecule has 1 atom stereocenters. The quantitative estimate of drug-likeness (QED) is 0.639. The Morgan fingerprint density at radius 1 is 1.30 bits per heavy atom. The van der Waals surface area contributed by atoms with Gasteiger partial charge in [0.1, 0.15) is 12.4 Å². The van der Waals surface area contributed by atoms with Crippen LogP contribution in [0.15, 0.2) is 53.1 Å². The third kappa shape index (κ3) is 3.88. The molecule has 0 aliphatic carbocycles. The van der Waals surface area contributed by atoms with Crippen molar-refractivity contribution < 1.29 is 14.6 Å². The van der Waals surface area contributed by atoms with Gasteiger partial charge in [-0.3, -0.25) is 9.89 Å². The molecule has 3 aromatic rings. The lowest BCUT2D eigenvalue weighted by Gasteiger charge is -2.13. The summed E-state index contributed by atoms with van der Waals surface area (Å²) in [5.41, 5.74) is 1.47. The number of aliphatic hydroxyl groups excluding tert-OH is 1. The maximum Gasteiger partial charge on any atom is 0.256 e. The number of anilines is 1. The molecule has 0 unspecified atom stereocenters. The van der Waals surface area contributed by atoms with Gasteiger partial charge in [0, 0.05) is 15.5 Å². The maximum atomic E-state index is 12.0. The molecule has 0 bridgehead atoms. The highest BCUT2D eigenvalue weighted by Gasteiger charge is 2.16. The first kappa shape index (κ1) is 15.5. The van der Waals surface area contributed by atoms with Gasteiger partial charge >= 0.3 is 0 Å². The standard InChI is InChI=1S/C16H14BrN3O3/c17-11-1-4-13(5-2-11)23-9-15(21)16(22)19-12-3-6-14-10(7-12)8-18-20-14/h1-8,15,21H,9H2,(H,18,20)(H,19,22)/t15-/m0/s1. The van der Waals surface area contributed by atoms with Crippen molar-refractivity contribution >= 4 is 38.4 Å². The molecule has 2 aromatic carbocycles. The highest BCUT2D eigenvalue weighted by Crippen LogP contribution is 2.18. The number of carbonyl (C=O) groups is 1. The number of halogens is 1. The van der Waals surface area contributed by atoms with Crippen molar-refractivity contribution in [1.82, 2.24) is 10.2 Å². The molecule has 1 heterocycles. The third-order valence-electron chi connectivity index (χ3n) is 3.23. The van der Waals surface area contributed by atoms with Crippen LogP contribution in [0.2, 0.25) is 0 Å². The molecule has 1 aromatic heterocycles. The number of fused-ring (bicyclic) bond motifs is 1. The molecule has 0 aliphatic rings. The van der Waals surface area contributed by atoms with Crippen LogP contribution >= 0.6 is 15.9 Å². The van der Waals surface area contributed by atoms with E-state index >= 15 is 0 Å². The molecule has 0 saturated carbocycles. The predicted molar refractivity (Wildman–Crippen MR) is 90.4 cm³/mol. The number of H-pyrrole nitrogens is 1. The number of nitrogens with zero attached hydrogens (tertiary/aromatic N) is 1. The predicted octanol–water partition coefficient (Wildman–Crippen LogP) is 2.70. The zero-order valence-corrected chi connectivity index (χ0v) is 13.6. The van der Waals surface area contributed by atoms with Crippen LogP contribution in [-0.2, 0) is 4.79 Å². The summed E-state index contributed by atoms with van der Waals surface area (Å²) in [5.74, 6) is 0.0600. The van der Waals surface area contributed by atoms with Gasteiger partial charge in [-0.15, -0.1) is 0 Å². The first-order chi connectivity index (χ1) is 11.1. The third-order valence-corrected chi connectivity index (χ3v) is 3.76. The van der Waals surface area contributed by atoms with Gasteiger partial charge in [0.25, 0.3) is 5.91 Å². The van der Waals surface area contributed by atoms with E-state index in [1.807, 2.05) is 18.2 Å². The van der Waals surface area contributed by atoms with Crippen LogP contribution in [0.25, 0.3) is 10.9 Å². The van der Waals surface area contributed by atoms with Crippen LogP contribution in [-0.4, -0.2) is 33.9 Å². The molecule has 7 heteroatoms. The minimum absolute atomic E-state index is 0.124. The molecule has 0 radical (unpaired) electrons. The number of rotatable bonds is 5. The number of aromatic nitrogens is 2. The molecule has 118 valence electrons. The van der Waals surface area contributed by atoms with E-state index in [1.165, 1.54) is 0 Å². The number of aliphatic hydroxyl groups is 1. The number of hydrogen-bond donors (Lipinski definition) is 3. The summed E-state index contributed by atoms with van der Waals surface area (Å²) in [4.78, 5) is 12.0. The minimum atomic E-state index is -1.27. The number of aromatic amines is 1. The normalized spacial score (nSPS) is 12.1. The summed E-state index contributed by atoms with van der Waals surface area (Å²) in [5, 5.41) is 20.2. The van der Waals surface area contributed by atoms with Gasteiger partial charge in [-0.25, -0.2) is 0 Å². The van der Waals surface area contributed by atoms with E-state index in [2.05, 4.69) is 31.4 Å². The van der Waals surface area contributed by atoms with Crippen molar-refractivity contribution in [2.24, 2.45) is 0 Å². The number of amides is 1. The molecule has 3 N–H and O–H groups in total. The average Bonchev–Trinajstić information content (AvgIpc) is 3.01. The second kappa shape index (κ2) is 6.80. The molecule has 0 fully saturated rings.